The van der Waals surface area contributed by atoms with Crippen LogP contribution in [0.2, 0.25) is 0 Å². The van der Waals surface area contributed by atoms with E-state index in [1.54, 1.807) is 0 Å². The van der Waals surface area contributed by atoms with Gasteiger partial charge in [-0.3, -0.25) is 9.59 Å². The second-order valence-electron chi connectivity index (χ2n) is 6.26. The van der Waals surface area contributed by atoms with Crippen LogP contribution in [0.5, 0.6) is 5.75 Å². The topological polar surface area (TPSA) is 67.4 Å². The number of ketones is 1. The number of ether oxygens (including phenoxy) is 1. The summed E-state index contributed by atoms with van der Waals surface area (Å²) in [5.74, 6) is -0.978. The van der Waals surface area contributed by atoms with Gasteiger partial charge in [-0.1, -0.05) is 18.2 Å². The molecule has 0 spiro atoms. The molecule has 0 unspecified atom stereocenters. The fraction of sp³-hybridized carbons (Fsp3) is 0.300. The maximum absolute atomic E-state index is 13.7. The number of hydrogen-bond donors (Lipinski definition) is 2. The first-order valence-corrected chi connectivity index (χ1v) is 8.51. The molecule has 1 amide bonds. The molecule has 0 bridgehead atoms. The fourth-order valence-corrected chi connectivity index (χ4v) is 2.96. The van der Waals surface area contributed by atoms with E-state index in [-0.39, 0.29) is 35.8 Å². The predicted octanol–water partition coefficient (Wildman–Crippen LogP) is 2.72. The van der Waals surface area contributed by atoms with Crippen molar-refractivity contribution in [3.05, 3.63) is 64.5 Å². The highest BCUT2D eigenvalue weighted by atomic mass is 19.1. The van der Waals surface area contributed by atoms with Gasteiger partial charge in [0.15, 0.2) is 17.3 Å². The van der Waals surface area contributed by atoms with Crippen LogP contribution in [0.4, 0.5) is 4.39 Å². The van der Waals surface area contributed by atoms with Gasteiger partial charge in [-0.15, -0.1) is 0 Å². The quantitative estimate of drug-likeness (QED) is 0.749. The molecule has 1 aliphatic heterocycles. The Morgan fingerprint density at radius 3 is 2.69 bits per heavy atom. The zero-order valence-electron chi connectivity index (χ0n) is 14.6. The molecule has 0 aliphatic carbocycles. The molecule has 0 saturated heterocycles. The summed E-state index contributed by atoms with van der Waals surface area (Å²) >= 11 is 0. The Kier molecular flexibility index (Phi) is 5.63. The molecule has 1 aliphatic rings. The SMILES string of the molecule is COc1ccc(C(=O)CCC(=O)NCc2ccc3c(c2)CNC3)cc1F. The molecule has 0 radical (unpaired) electrons. The number of halogens is 1. The molecular weight excluding hydrogens is 335 g/mol. The Morgan fingerprint density at radius 1 is 1.12 bits per heavy atom. The molecule has 6 heteroatoms. The van der Waals surface area contributed by atoms with Crippen molar-refractivity contribution in [2.24, 2.45) is 0 Å². The number of hydrogen-bond acceptors (Lipinski definition) is 4. The van der Waals surface area contributed by atoms with Gasteiger partial charge in [0.1, 0.15) is 0 Å². The highest BCUT2D eigenvalue weighted by Crippen LogP contribution is 2.19. The van der Waals surface area contributed by atoms with E-state index in [1.165, 1.54) is 30.4 Å². The summed E-state index contributed by atoms with van der Waals surface area (Å²) in [5, 5.41) is 6.10. The third-order valence-electron chi connectivity index (χ3n) is 4.44. The van der Waals surface area contributed by atoms with Gasteiger partial charge in [-0.05, 0) is 34.9 Å². The molecule has 26 heavy (non-hydrogen) atoms. The molecule has 3 rings (SSSR count). The highest BCUT2D eigenvalue weighted by molar-refractivity contribution is 5.98. The van der Waals surface area contributed by atoms with Gasteiger partial charge >= 0.3 is 0 Å². The zero-order chi connectivity index (χ0) is 18.5. The first kappa shape index (κ1) is 18.1. The summed E-state index contributed by atoms with van der Waals surface area (Å²) < 4.78 is 18.5. The van der Waals surface area contributed by atoms with E-state index in [4.69, 9.17) is 4.74 Å². The monoisotopic (exact) mass is 356 g/mol. The lowest BCUT2D eigenvalue weighted by Crippen LogP contribution is -2.23. The van der Waals surface area contributed by atoms with Crippen LogP contribution in [0.25, 0.3) is 0 Å². The Bertz CT molecular complexity index is 836. The number of carbonyl (C=O) groups is 2. The van der Waals surface area contributed by atoms with Crippen LogP contribution in [0.3, 0.4) is 0 Å². The fourth-order valence-electron chi connectivity index (χ4n) is 2.96. The highest BCUT2D eigenvalue weighted by Gasteiger charge is 2.13. The third-order valence-corrected chi connectivity index (χ3v) is 4.44. The Labute approximate surface area is 151 Å². The number of methoxy groups -OCH3 is 1. The van der Waals surface area contributed by atoms with Gasteiger partial charge in [-0.25, -0.2) is 4.39 Å². The number of benzene rings is 2. The van der Waals surface area contributed by atoms with E-state index in [9.17, 15) is 14.0 Å². The molecule has 136 valence electrons. The van der Waals surface area contributed by atoms with E-state index in [1.807, 2.05) is 6.07 Å². The average molecular weight is 356 g/mol. The summed E-state index contributed by atoms with van der Waals surface area (Å²) in [4.78, 5) is 24.1. The average Bonchev–Trinajstić information content (AvgIpc) is 3.12. The normalized spacial score (nSPS) is 12.5. The van der Waals surface area contributed by atoms with Gasteiger partial charge in [0.2, 0.25) is 5.91 Å². The number of rotatable bonds is 7. The minimum absolute atomic E-state index is 0.0334. The van der Waals surface area contributed by atoms with Gasteiger partial charge in [0, 0.05) is 38.0 Å². The van der Waals surface area contributed by atoms with Crippen molar-refractivity contribution in [2.45, 2.75) is 32.5 Å². The van der Waals surface area contributed by atoms with E-state index in [0.717, 1.165) is 24.7 Å². The molecule has 2 N–H and O–H groups in total. The van der Waals surface area contributed by atoms with Crippen molar-refractivity contribution in [1.82, 2.24) is 10.6 Å². The largest absolute Gasteiger partial charge is 0.494 e. The van der Waals surface area contributed by atoms with E-state index in [2.05, 4.69) is 22.8 Å². The lowest BCUT2D eigenvalue weighted by Gasteiger charge is -2.08. The van der Waals surface area contributed by atoms with Crippen LogP contribution in [0.15, 0.2) is 36.4 Å². The second kappa shape index (κ2) is 8.10. The van der Waals surface area contributed by atoms with E-state index >= 15 is 0 Å². The summed E-state index contributed by atoms with van der Waals surface area (Å²) in [6, 6.07) is 10.2. The second-order valence-corrected chi connectivity index (χ2v) is 6.26. The zero-order valence-corrected chi connectivity index (χ0v) is 14.6. The molecule has 1 heterocycles. The Morgan fingerprint density at radius 2 is 1.92 bits per heavy atom. The van der Waals surface area contributed by atoms with Gasteiger partial charge < -0.3 is 15.4 Å². The van der Waals surface area contributed by atoms with Crippen molar-refractivity contribution in [3.63, 3.8) is 0 Å². The molecule has 2 aromatic carbocycles. The third kappa shape index (κ3) is 4.26. The number of nitrogens with one attached hydrogen (secondary N) is 2. The van der Waals surface area contributed by atoms with E-state index in [0.29, 0.717) is 6.54 Å². The van der Waals surface area contributed by atoms with E-state index < -0.39 is 5.82 Å². The van der Waals surface area contributed by atoms with Crippen LogP contribution in [0.1, 0.15) is 39.9 Å². The standard InChI is InChI=1S/C20H21FN2O3/c1-26-19-6-4-14(9-17(19)21)18(24)5-7-20(25)23-10-13-2-3-15-11-22-12-16(15)8-13/h2-4,6,8-9,22H,5,7,10-12H2,1H3,(H,23,25). The molecule has 0 atom stereocenters. The van der Waals surface area contributed by atoms with Crippen LogP contribution in [-0.2, 0) is 24.4 Å². The lowest BCUT2D eigenvalue weighted by atomic mass is 10.1. The number of Topliss-reactive ketones (excluding diaryl/α,β-unsaturated/α-hetero) is 1. The molecular formula is C20H21FN2O3. The molecule has 0 saturated carbocycles. The summed E-state index contributed by atoms with van der Waals surface area (Å²) in [7, 11) is 1.36. The van der Waals surface area contributed by atoms with Crippen molar-refractivity contribution in [1.29, 1.82) is 0 Å². The smallest absolute Gasteiger partial charge is 0.220 e. The Hall–Kier alpha value is -2.73. The van der Waals surface area contributed by atoms with Crippen LogP contribution >= 0.6 is 0 Å². The minimum Gasteiger partial charge on any atom is -0.494 e. The Balaban J connectivity index is 1.48. The lowest BCUT2D eigenvalue weighted by molar-refractivity contribution is -0.121. The van der Waals surface area contributed by atoms with Crippen LogP contribution in [-0.4, -0.2) is 18.8 Å². The molecule has 5 nitrogen and oxygen atoms in total. The predicted molar refractivity (Wildman–Crippen MR) is 95.3 cm³/mol. The maximum Gasteiger partial charge on any atom is 0.220 e. The maximum atomic E-state index is 13.7. The first-order valence-electron chi connectivity index (χ1n) is 8.51. The van der Waals surface area contributed by atoms with Crippen molar-refractivity contribution >= 4 is 11.7 Å². The minimum atomic E-state index is -0.589. The van der Waals surface area contributed by atoms with Gasteiger partial charge in [0.25, 0.3) is 0 Å². The summed E-state index contributed by atoms with van der Waals surface area (Å²) in [6.45, 7) is 2.16. The number of carbonyl (C=O) groups excluding carboxylic acids is 2. The van der Waals surface area contributed by atoms with Gasteiger partial charge in [-0.2, -0.15) is 0 Å². The molecule has 0 aromatic heterocycles. The summed E-state index contributed by atoms with van der Waals surface area (Å²) in [5.41, 5.74) is 3.82. The van der Waals surface area contributed by atoms with Crippen LogP contribution < -0.4 is 15.4 Å². The van der Waals surface area contributed by atoms with Crippen molar-refractivity contribution < 1.29 is 18.7 Å². The number of amides is 1. The first-order chi connectivity index (χ1) is 12.6. The van der Waals surface area contributed by atoms with Crippen molar-refractivity contribution in [3.8, 4) is 5.75 Å². The van der Waals surface area contributed by atoms with Gasteiger partial charge in [0.05, 0.1) is 7.11 Å². The molecule has 0 fully saturated rings. The van der Waals surface area contributed by atoms with Crippen molar-refractivity contribution in [2.75, 3.05) is 7.11 Å². The van der Waals surface area contributed by atoms with Crippen LogP contribution in [0, 0.1) is 5.82 Å². The number of fused-ring (bicyclic) bond motifs is 1. The molecule has 2 aromatic rings. The summed E-state index contributed by atoms with van der Waals surface area (Å²) in [6.07, 6.45) is 0.102.